The SMILES string of the molecule is Cc1coc(C(=O)OC2CN(C)C[N+]2([O-])c2nnc(C3CCCCC3)s2)c1. The van der Waals surface area contributed by atoms with E-state index in [2.05, 4.69) is 10.2 Å². The van der Waals surface area contributed by atoms with E-state index in [9.17, 15) is 10.0 Å². The first-order chi connectivity index (χ1) is 13.0. The molecule has 1 aliphatic carbocycles. The molecule has 2 aromatic rings. The number of rotatable bonds is 4. The summed E-state index contributed by atoms with van der Waals surface area (Å²) in [6, 6.07) is 1.60. The molecule has 2 unspecified atom stereocenters. The first kappa shape index (κ1) is 18.5. The molecule has 0 amide bonds. The van der Waals surface area contributed by atoms with Gasteiger partial charge in [-0.3, -0.25) is 4.65 Å². The first-order valence-electron chi connectivity index (χ1n) is 9.33. The smallest absolute Gasteiger partial charge is 0.378 e. The van der Waals surface area contributed by atoms with Gasteiger partial charge in [-0.1, -0.05) is 24.4 Å². The lowest BCUT2D eigenvalue weighted by Gasteiger charge is -2.38. The van der Waals surface area contributed by atoms with Gasteiger partial charge in [0.15, 0.2) is 0 Å². The summed E-state index contributed by atoms with van der Waals surface area (Å²) in [4.78, 5) is 14.2. The van der Waals surface area contributed by atoms with E-state index in [0.29, 0.717) is 17.6 Å². The van der Waals surface area contributed by atoms with Crippen LogP contribution >= 0.6 is 11.3 Å². The van der Waals surface area contributed by atoms with Crippen LogP contribution in [-0.2, 0) is 4.74 Å². The average molecular weight is 392 g/mol. The molecule has 2 aromatic heterocycles. The van der Waals surface area contributed by atoms with Crippen molar-refractivity contribution in [1.82, 2.24) is 19.7 Å². The van der Waals surface area contributed by atoms with Crippen LogP contribution in [0.15, 0.2) is 16.7 Å². The lowest BCUT2D eigenvalue weighted by molar-refractivity contribution is 0.00247. The Morgan fingerprint density at radius 2 is 2.15 bits per heavy atom. The molecule has 2 aliphatic rings. The summed E-state index contributed by atoms with van der Waals surface area (Å²) >= 11 is 1.36. The van der Waals surface area contributed by atoms with Crippen LogP contribution in [0.25, 0.3) is 0 Å². The van der Waals surface area contributed by atoms with Gasteiger partial charge in [0, 0.05) is 5.92 Å². The number of hydrogen-bond donors (Lipinski definition) is 0. The van der Waals surface area contributed by atoms with E-state index in [4.69, 9.17) is 9.15 Å². The highest BCUT2D eigenvalue weighted by molar-refractivity contribution is 7.15. The standard InChI is InChI=1S/C18H24N4O4S/c1-12-8-14(25-10-12)17(23)26-15-9-21(2)11-22(15,24)18-20-19-16(27-18)13-6-4-3-5-7-13/h8,10,13,15H,3-7,9,11H2,1-2H3. The van der Waals surface area contributed by atoms with E-state index in [1.54, 1.807) is 6.07 Å². The van der Waals surface area contributed by atoms with Crippen molar-refractivity contribution in [3.63, 3.8) is 0 Å². The van der Waals surface area contributed by atoms with Crippen molar-refractivity contribution < 1.29 is 13.9 Å². The maximum absolute atomic E-state index is 13.6. The van der Waals surface area contributed by atoms with Gasteiger partial charge in [-0.25, -0.2) is 9.69 Å². The van der Waals surface area contributed by atoms with Crippen LogP contribution in [0.1, 0.15) is 59.1 Å². The van der Waals surface area contributed by atoms with Crippen LogP contribution in [0.4, 0.5) is 5.13 Å². The zero-order valence-corrected chi connectivity index (χ0v) is 16.4. The van der Waals surface area contributed by atoms with Crippen LogP contribution < -0.4 is 4.65 Å². The van der Waals surface area contributed by atoms with Crippen molar-refractivity contribution in [3.8, 4) is 0 Å². The highest BCUT2D eigenvalue weighted by Crippen LogP contribution is 2.39. The number of ether oxygens (including phenoxy) is 1. The second kappa shape index (κ2) is 7.31. The molecule has 8 nitrogen and oxygen atoms in total. The average Bonchev–Trinajstić information content (AvgIpc) is 3.36. The molecule has 0 spiro atoms. The zero-order chi connectivity index (χ0) is 19.0. The van der Waals surface area contributed by atoms with Gasteiger partial charge in [-0.2, -0.15) is 0 Å². The monoisotopic (exact) mass is 392 g/mol. The minimum absolute atomic E-state index is 0.105. The molecule has 1 saturated carbocycles. The van der Waals surface area contributed by atoms with Crippen molar-refractivity contribution in [1.29, 1.82) is 0 Å². The Morgan fingerprint density at radius 1 is 1.37 bits per heavy atom. The Bertz CT molecular complexity index is 816. The molecule has 3 heterocycles. The third-order valence-electron chi connectivity index (χ3n) is 5.27. The third kappa shape index (κ3) is 3.64. The number of hydroxylamine groups is 2. The fourth-order valence-corrected chi connectivity index (χ4v) is 4.91. The number of furan rings is 1. The molecule has 146 valence electrons. The second-order valence-corrected chi connectivity index (χ2v) is 8.57. The van der Waals surface area contributed by atoms with Gasteiger partial charge in [0.1, 0.15) is 11.7 Å². The van der Waals surface area contributed by atoms with E-state index < -0.39 is 16.8 Å². The zero-order valence-electron chi connectivity index (χ0n) is 15.6. The van der Waals surface area contributed by atoms with Gasteiger partial charge in [0.2, 0.25) is 5.76 Å². The lowest BCUT2D eigenvalue weighted by Crippen LogP contribution is -2.50. The number of aromatic nitrogens is 2. The number of esters is 1. The molecule has 2 fully saturated rings. The van der Waals surface area contributed by atoms with Gasteiger partial charge in [0.25, 0.3) is 6.23 Å². The number of nitrogens with zero attached hydrogens (tertiary/aromatic N) is 4. The topological polar surface area (TPSA) is 91.5 Å². The van der Waals surface area contributed by atoms with E-state index in [-0.39, 0.29) is 12.4 Å². The summed E-state index contributed by atoms with van der Waals surface area (Å²) in [5, 5.41) is 23.4. The summed E-state index contributed by atoms with van der Waals surface area (Å²) in [7, 11) is 1.83. The summed E-state index contributed by atoms with van der Waals surface area (Å²) < 4.78 is 9.92. The third-order valence-corrected chi connectivity index (χ3v) is 6.46. The van der Waals surface area contributed by atoms with Gasteiger partial charge in [0.05, 0.1) is 12.8 Å². The fourth-order valence-electron chi connectivity index (χ4n) is 3.83. The van der Waals surface area contributed by atoms with Crippen molar-refractivity contribution in [3.05, 3.63) is 33.9 Å². The molecule has 0 radical (unpaired) electrons. The highest BCUT2D eigenvalue weighted by Gasteiger charge is 2.46. The van der Waals surface area contributed by atoms with E-state index in [1.807, 2.05) is 18.9 Å². The molecule has 27 heavy (non-hydrogen) atoms. The Balaban J connectivity index is 1.54. The van der Waals surface area contributed by atoms with Crippen LogP contribution in [0.3, 0.4) is 0 Å². The Morgan fingerprint density at radius 3 is 2.85 bits per heavy atom. The number of carbonyl (C=O) groups is 1. The van der Waals surface area contributed by atoms with Crippen LogP contribution in [0.5, 0.6) is 0 Å². The predicted molar refractivity (Wildman–Crippen MR) is 101 cm³/mol. The molecule has 4 rings (SSSR count). The molecular formula is C18H24N4O4S. The number of carbonyl (C=O) groups excluding carboxylic acids is 1. The maximum atomic E-state index is 13.6. The first-order valence-corrected chi connectivity index (χ1v) is 10.1. The minimum atomic E-state index is -0.889. The van der Waals surface area contributed by atoms with Crippen LogP contribution in [0, 0.1) is 12.1 Å². The fraction of sp³-hybridized carbons (Fsp3) is 0.611. The minimum Gasteiger partial charge on any atom is -0.622 e. The van der Waals surface area contributed by atoms with E-state index in [0.717, 1.165) is 23.4 Å². The number of hydrogen-bond acceptors (Lipinski definition) is 8. The number of aryl methyl sites for hydroxylation is 1. The Hall–Kier alpha value is -1.81. The van der Waals surface area contributed by atoms with E-state index >= 15 is 0 Å². The Labute approximate surface area is 161 Å². The highest BCUT2D eigenvalue weighted by atomic mass is 32.1. The molecule has 2 atom stereocenters. The van der Waals surface area contributed by atoms with Crippen LogP contribution in [-0.4, -0.2) is 47.6 Å². The number of quaternary nitrogens is 1. The summed E-state index contributed by atoms with van der Waals surface area (Å²) in [5.41, 5.74) is 0.828. The van der Waals surface area contributed by atoms with Crippen molar-refractivity contribution in [2.24, 2.45) is 0 Å². The van der Waals surface area contributed by atoms with Gasteiger partial charge < -0.3 is 14.4 Å². The molecule has 0 aromatic carbocycles. The largest absolute Gasteiger partial charge is 0.622 e. The van der Waals surface area contributed by atoms with Crippen molar-refractivity contribution in [2.45, 2.75) is 51.2 Å². The van der Waals surface area contributed by atoms with Gasteiger partial charge in [-0.15, -0.1) is 5.10 Å². The lowest BCUT2D eigenvalue weighted by atomic mass is 9.90. The number of likely N-dealkylation sites (N-methyl/N-ethyl adjacent to an activating group) is 1. The van der Waals surface area contributed by atoms with E-state index in [1.165, 1.54) is 36.9 Å². The normalized spacial score (nSPS) is 27.1. The predicted octanol–water partition coefficient (Wildman–Crippen LogP) is 3.38. The Kier molecular flexibility index (Phi) is 5.02. The molecular weight excluding hydrogens is 368 g/mol. The van der Waals surface area contributed by atoms with Crippen LogP contribution in [0.2, 0.25) is 0 Å². The maximum Gasteiger partial charge on any atom is 0.378 e. The molecule has 1 saturated heterocycles. The van der Waals surface area contributed by atoms with Crippen molar-refractivity contribution in [2.75, 3.05) is 20.3 Å². The quantitative estimate of drug-likeness (QED) is 0.447. The summed E-state index contributed by atoms with van der Waals surface area (Å²) in [6.45, 7) is 2.34. The molecule has 9 heteroatoms. The molecule has 0 bridgehead atoms. The van der Waals surface area contributed by atoms with Crippen molar-refractivity contribution >= 4 is 22.4 Å². The second-order valence-electron chi connectivity index (χ2n) is 7.58. The summed E-state index contributed by atoms with van der Waals surface area (Å²) in [6.07, 6.45) is 6.45. The summed E-state index contributed by atoms with van der Waals surface area (Å²) in [5.74, 6) is -0.128. The molecule has 0 N–H and O–H groups in total. The molecule has 1 aliphatic heterocycles. The van der Waals surface area contributed by atoms with Gasteiger partial charge in [-0.05, 0) is 49.8 Å². The van der Waals surface area contributed by atoms with Gasteiger partial charge >= 0.3 is 11.1 Å².